The largest absolute Gasteiger partial charge is 0.324 e. The van der Waals surface area contributed by atoms with Gasteiger partial charge >= 0.3 is 0 Å². The fourth-order valence-electron chi connectivity index (χ4n) is 1.22. The van der Waals surface area contributed by atoms with E-state index < -0.39 is 9.84 Å². The maximum atomic E-state index is 11.0. The van der Waals surface area contributed by atoms with Crippen LogP contribution < -0.4 is 5.73 Å². The van der Waals surface area contributed by atoms with Crippen molar-refractivity contribution in [3.63, 3.8) is 0 Å². The number of halogens is 1. The van der Waals surface area contributed by atoms with E-state index in [1.807, 2.05) is 24.3 Å². The first kappa shape index (κ1) is 12.9. The average molecular weight is 339 g/mol. The monoisotopic (exact) mass is 339 g/mol. The molecule has 0 saturated heterocycles. The number of sulfone groups is 1. The lowest BCUT2D eigenvalue weighted by molar-refractivity contribution is 0.592. The van der Waals surface area contributed by atoms with Gasteiger partial charge in [-0.1, -0.05) is 12.1 Å². The van der Waals surface area contributed by atoms with Gasteiger partial charge in [-0.3, -0.25) is 0 Å². The second-order valence-corrected chi connectivity index (χ2v) is 7.08. The van der Waals surface area contributed by atoms with E-state index in [0.29, 0.717) is 6.42 Å². The lowest BCUT2D eigenvalue weighted by atomic mass is 10.1. The zero-order valence-electron chi connectivity index (χ0n) is 8.48. The van der Waals surface area contributed by atoms with Crippen molar-refractivity contribution in [2.45, 2.75) is 12.5 Å². The lowest BCUT2D eigenvalue weighted by Gasteiger charge is -2.11. The first-order valence-corrected chi connectivity index (χ1v) is 7.71. The van der Waals surface area contributed by atoms with E-state index in [9.17, 15) is 8.42 Å². The van der Waals surface area contributed by atoms with Crippen LogP contribution in [0.3, 0.4) is 0 Å². The second-order valence-electron chi connectivity index (χ2n) is 3.58. The molecule has 1 aromatic carbocycles. The summed E-state index contributed by atoms with van der Waals surface area (Å²) < 4.78 is 23.1. The highest BCUT2D eigenvalue weighted by atomic mass is 127. The summed E-state index contributed by atoms with van der Waals surface area (Å²) in [7, 11) is -2.92. The van der Waals surface area contributed by atoms with Gasteiger partial charge in [0.05, 0.1) is 5.75 Å². The molecule has 0 aromatic heterocycles. The van der Waals surface area contributed by atoms with Crippen LogP contribution in [0.25, 0.3) is 0 Å². The third-order valence-corrected chi connectivity index (χ3v) is 3.79. The van der Waals surface area contributed by atoms with Crippen molar-refractivity contribution in [2.75, 3.05) is 12.0 Å². The van der Waals surface area contributed by atoms with E-state index >= 15 is 0 Å². The number of hydrogen-bond donors (Lipinski definition) is 1. The Labute approximate surface area is 104 Å². The van der Waals surface area contributed by atoms with Crippen molar-refractivity contribution in [3.05, 3.63) is 33.4 Å². The molecule has 0 fully saturated rings. The smallest absolute Gasteiger partial charge is 0.147 e. The molecule has 1 aromatic rings. The summed E-state index contributed by atoms with van der Waals surface area (Å²) >= 11 is 2.22. The van der Waals surface area contributed by atoms with Gasteiger partial charge in [0.1, 0.15) is 9.84 Å². The summed E-state index contributed by atoms with van der Waals surface area (Å²) in [6, 6.07) is 7.62. The maximum absolute atomic E-state index is 11.0. The first-order valence-electron chi connectivity index (χ1n) is 4.57. The Morgan fingerprint density at radius 1 is 1.33 bits per heavy atom. The Morgan fingerprint density at radius 3 is 2.33 bits per heavy atom. The minimum absolute atomic E-state index is 0.139. The molecule has 1 unspecified atom stereocenters. The predicted molar refractivity (Wildman–Crippen MR) is 70.4 cm³/mol. The molecule has 0 heterocycles. The van der Waals surface area contributed by atoms with Crippen LogP contribution in [0.5, 0.6) is 0 Å². The Bertz CT molecular complexity index is 414. The molecule has 0 amide bonds. The molecule has 0 radical (unpaired) electrons. The Morgan fingerprint density at radius 2 is 1.87 bits per heavy atom. The fourth-order valence-corrected chi connectivity index (χ4v) is 2.26. The van der Waals surface area contributed by atoms with Crippen LogP contribution >= 0.6 is 22.6 Å². The Kier molecular flexibility index (Phi) is 4.54. The molecule has 0 saturated carbocycles. The van der Waals surface area contributed by atoms with Crippen LogP contribution in [0.15, 0.2) is 24.3 Å². The summed E-state index contributed by atoms with van der Waals surface area (Å²) in [5.41, 5.74) is 6.87. The van der Waals surface area contributed by atoms with Crippen molar-refractivity contribution in [1.29, 1.82) is 0 Å². The highest BCUT2D eigenvalue weighted by molar-refractivity contribution is 14.1. The van der Waals surface area contributed by atoms with Gasteiger partial charge in [-0.15, -0.1) is 0 Å². The summed E-state index contributed by atoms with van der Waals surface area (Å²) in [5.74, 6) is 0.139. The van der Waals surface area contributed by atoms with Crippen molar-refractivity contribution in [1.82, 2.24) is 0 Å². The molecule has 1 atom stereocenters. The van der Waals surface area contributed by atoms with Crippen LogP contribution in [-0.2, 0) is 9.84 Å². The minimum Gasteiger partial charge on any atom is -0.324 e. The van der Waals surface area contributed by atoms with Gasteiger partial charge in [0.15, 0.2) is 0 Å². The summed E-state index contributed by atoms with van der Waals surface area (Å²) in [5, 5.41) is 0. The van der Waals surface area contributed by atoms with Gasteiger partial charge in [0.2, 0.25) is 0 Å². The Balaban J connectivity index is 2.61. The van der Waals surface area contributed by atoms with Gasteiger partial charge in [-0.25, -0.2) is 8.42 Å². The molecule has 2 N–H and O–H groups in total. The number of hydrogen-bond acceptors (Lipinski definition) is 3. The Hall–Kier alpha value is -0.140. The van der Waals surface area contributed by atoms with Crippen LogP contribution in [0, 0.1) is 3.57 Å². The second kappa shape index (κ2) is 5.27. The van der Waals surface area contributed by atoms with Crippen molar-refractivity contribution >= 4 is 32.4 Å². The van der Waals surface area contributed by atoms with Crippen molar-refractivity contribution < 1.29 is 8.42 Å². The molecule has 0 spiro atoms. The zero-order chi connectivity index (χ0) is 11.5. The standard InChI is InChI=1S/C10H14INO2S/c1-15(13,14)7-6-10(12)8-2-4-9(11)5-3-8/h2-5,10H,6-7,12H2,1H3. The predicted octanol–water partition coefficient (Wildman–Crippen LogP) is 1.73. The molecular formula is C10H14INO2S. The molecule has 3 nitrogen and oxygen atoms in total. The molecule has 0 aliphatic rings. The summed E-state index contributed by atoms with van der Waals surface area (Å²) in [6.45, 7) is 0. The van der Waals surface area contributed by atoms with Crippen LogP contribution in [-0.4, -0.2) is 20.4 Å². The minimum atomic E-state index is -2.92. The normalized spacial score (nSPS) is 13.8. The SMILES string of the molecule is CS(=O)(=O)CCC(N)c1ccc(I)cc1. The lowest BCUT2D eigenvalue weighted by Crippen LogP contribution is -2.15. The molecular weight excluding hydrogens is 325 g/mol. The summed E-state index contributed by atoms with van der Waals surface area (Å²) in [6.07, 6.45) is 1.70. The van der Waals surface area contributed by atoms with E-state index in [4.69, 9.17) is 5.73 Å². The molecule has 0 aliphatic heterocycles. The fraction of sp³-hybridized carbons (Fsp3) is 0.400. The number of benzene rings is 1. The van der Waals surface area contributed by atoms with Gasteiger partial charge in [0, 0.05) is 15.9 Å². The molecule has 15 heavy (non-hydrogen) atoms. The van der Waals surface area contributed by atoms with Gasteiger partial charge in [-0.05, 0) is 46.7 Å². The van der Waals surface area contributed by atoms with E-state index in [0.717, 1.165) is 9.13 Å². The van der Waals surface area contributed by atoms with E-state index in [2.05, 4.69) is 22.6 Å². The number of nitrogens with two attached hydrogens (primary N) is 1. The van der Waals surface area contributed by atoms with Crippen LogP contribution in [0.4, 0.5) is 0 Å². The number of rotatable bonds is 4. The van der Waals surface area contributed by atoms with Gasteiger partial charge < -0.3 is 5.73 Å². The van der Waals surface area contributed by atoms with E-state index in [-0.39, 0.29) is 11.8 Å². The molecule has 84 valence electrons. The molecule has 0 aliphatic carbocycles. The van der Waals surface area contributed by atoms with Crippen molar-refractivity contribution in [3.8, 4) is 0 Å². The van der Waals surface area contributed by atoms with Gasteiger partial charge in [-0.2, -0.15) is 0 Å². The molecule has 5 heteroatoms. The highest BCUT2D eigenvalue weighted by Crippen LogP contribution is 2.16. The van der Waals surface area contributed by atoms with E-state index in [1.165, 1.54) is 6.26 Å². The average Bonchev–Trinajstić information content (AvgIpc) is 2.14. The quantitative estimate of drug-likeness (QED) is 0.850. The van der Waals surface area contributed by atoms with Crippen LogP contribution in [0.1, 0.15) is 18.0 Å². The first-order chi connectivity index (χ1) is 6.88. The maximum Gasteiger partial charge on any atom is 0.147 e. The summed E-state index contributed by atoms with van der Waals surface area (Å²) in [4.78, 5) is 0. The third-order valence-electron chi connectivity index (χ3n) is 2.10. The topological polar surface area (TPSA) is 60.2 Å². The van der Waals surface area contributed by atoms with E-state index in [1.54, 1.807) is 0 Å². The molecule has 1 rings (SSSR count). The highest BCUT2D eigenvalue weighted by Gasteiger charge is 2.09. The van der Waals surface area contributed by atoms with Gasteiger partial charge in [0.25, 0.3) is 0 Å². The third kappa shape index (κ3) is 4.94. The zero-order valence-corrected chi connectivity index (χ0v) is 11.5. The van der Waals surface area contributed by atoms with Crippen molar-refractivity contribution in [2.24, 2.45) is 5.73 Å². The van der Waals surface area contributed by atoms with Crippen LogP contribution in [0.2, 0.25) is 0 Å². The molecule has 0 bridgehead atoms.